The van der Waals surface area contributed by atoms with Crippen LogP contribution in [0.3, 0.4) is 0 Å². The van der Waals surface area contributed by atoms with E-state index in [-0.39, 0.29) is 18.2 Å². The minimum atomic E-state index is -0.983. The van der Waals surface area contributed by atoms with Crippen LogP contribution in [0.1, 0.15) is 40.0 Å². The van der Waals surface area contributed by atoms with Crippen molar-refractivity contribution < 1.29 is 14.7 Å². The van der Waals surface area contributed by atoms with Crippen molar-refractivity contribution >= 4 is 23.6 Å². The van der Waals surface area contributed by atoms with Crippen LogP contribution in [0.25, 0.3) is 0 Å². The smallest absolute Gasteiger partial charge is 0.310 e. The van der Waals surface area contributed by atoms with E-state index in [1.54, 1.807) is 18.7 Å². The topological polar surface area (TPSA) is 66.4 Å². The predicted molar refractivity (Wildman–Crippen MR) is 75.8 cm³/mol. The molecule has 1 amide bonds. The quantitative estimate of drug-likeness (QED) is 0.634. The van der Waals surface area contributed by atoms with Gasteiger partial charge in [-0.3, -0.25) is 9.59 Å². The van der Waals surface area contributed by atoms with Crippen molar-refractivity contribution in [2.24, 2.45) is 11.3 Å². The van der Waals surface area contributed by atoms with Crippen molar-refractivity contribution in [3.05, 3.63) is 0 Å². The van der Waals surface area contributed by atoms with E-state index in [4.69, 9.17) is 0 Å². The van der Waals surface area contributed by atoms with Crippen molar-refractivity contribution in [3.8, 4) is 0 Å². The third-order valence-corrected chi connectivity index (χ3v) is 4.08. The van der Waals surface area contributed by atoms with Gasteiger partial charge in [0.05, 0.1) is 5.41 Å². The van der Waals surface area contributed by atoms with E-state index in [9.17, 15) is 14.7 Å². The largest absolute Gasteiger partial charge is 0.481 e. The molecule has 0 spiro atoms. The number of hydrogen-bond acceptors (Lipinski definition) is 3. The highest BCUT2D eigenvalue weighted by Crippen LogP contribution is 2.31. The maximum atomic E-state index is 11.7. The van der Waals surface area contributed by atoms with Gasteiger partial charge < -0.3 is 10.4 Å². The Kier molecular flexibility index (Phi) is 8.07. The van der Waals surface area contributed by atoms with Crippen LogP contribution in [0.15, 0.2) is 0 Å². The highest BCUT2D eigenvalue weighted by Gasteiger charge is 2.38. The summed E-state index contributed by atoms with van der Waals surface area (Å²) in [4.78, 5) is 23.0. The summed E-state index contributed by atoms with van der Waals surface area (Å²) in [6, 6.07) is 0. The first-order valence-electron chi connectivity index (χ1n) is 6.33. The van der Waals surface area contributed by atoms with E-state index >= 15 is 0 Å². The van der Waals surface area contributed by atoms with Crippen molar-refractivity contribution in [2.45, 2.75) is 40.0 Å². The number of unbranched alkanes of at least 4 members (excludes halogenated alkanes) is 1. The van der Waals surface area contributed by atoms with Gasteiger partial charge in [0.2, 0.25) is 5.91 Å². The minimum Gasteiger partial charge on any atom is -0.481 e. The Labute approximate surface area is 114 Å². The molecular formula is C13H25NO3S. The summed E-state index contributed by atoms with van der Waals surface area (Å²) in [7, 11) is 0. The average Bonchev–Trinajstić information content (AvgIpc) is 2.28. The van der Waals surface area contributed by atoms with Gasteiger partial charge >= 0.3 is 5.97 Å². The van der Waals surface area contributed by atoms with Crippen LogP contribution in [0.5, 0.6) is 0 Å². The molecule has 5 heteroatoms. The maximum Gasteiger partial charge on any atom is 0.310 e. The second-order valence-corrected chi connectivity index (χ2v) is 6.09. The van der Waals surface area contributed by atoms with Gasteiger partial charge in [-0.2, -0.15) is 11.8 Å². The normalized spacial score (nSPS) is 14.3. The Bertz CT molecular complexity index is 281. The van der Waals surface area contributed by atoms with Gasteiger partial charge in [0.25, 0.3) is 0 Å². The molecule has 1 atom stereocenters. The molecule has 2 N–H and O–H groups in total. The van der Waals surface area contributed by atoms with Crippen LogP contribution in [0.4, 0.5) is 0 Å². The summed E-state index contributed by atoms with van der Waals surface area (Å²) >= 11 is 1.79. The second kappa shape index (κ2) is 8.40. The van der Waals surface area contributed by atoms with E-state index in [0.717, 1.165) is 18.6 Å². The van der Waals surface area contributed by atoms with Crippen LogP contribution in [-0.4, -0.2) is 35.5 Å². The second-order valence-electron chi connectivity index (χ2n) is 5.10. The lowest BCUT2D eigenvalue weighted by molar-refractivity contribution is -0.153. The fourth-order valence-corrected chi connectivity index (χ4v) is 2.01. The number of carboxylic acid groups (broad SMARTS) is 1. The van der Waals surface area contributed by atoms with Crippen molar-refractivity contribution in [1.29, 1.82) is 0 Å². The molecule has 0 saturated heterocycles. The lowest BCUT2D eigenvalue weighted by Gasteiger charge is -2.28. The SMILES string of the molecule is CSCCCCNC(=O)CC(C)(C(=O)O)C(C)C. The van der Waals surface area contributed by atoms with Gasteiger partial charge in [-0.05, 0) is 37.7 Å². The standard InChI is InChI=1S/C13H25NO3S/c1-10(2)13(3,12(16)17)9-11(15)14-7-5-6-8-18-4/h10H,5-9H2,1-4H3,(H,14,15)(H,16,17). The van der Waals surface area contributed by atoms with Crippen LogP contribution in [-0.2, 0) is 9.59 Å². The Morgan fingerprint density at radius 3 is 2.39 bits per heavy atom. The Morgan fingerprint density at radius 2 is 1.94 bits per heavy atom. The number of rotatable bonds is 9. The number of carbonyl (C=O) groups excluding carboxylic acids is 1. The van der Waals surface area contributed by atoms with Gasteiger partial charge in [-0.15, -0.1) is 0 Å². The van der Waals surface area contributed by atoms with Crippen LogP contribution >= 0.6 is 11.8 Å². The molecule has 18 heavy (non-hydrogen) atoms. The van der Waals surface area contributed by atoms with E-state index in [1.807, 2.05) is 13.8 Å². The molecule has 0 heterocycles. The molecule has 0 aliphatic heterocycles. The van der Waals surface area contributed by atoms with Gasteiger partial charge in [-0.25, -0.2) is 0 Å². The number of carboxylic acids is 1. The summed E-state index contributed by atoms with van der Waals surface area (Å²) < 4.78 is 0. The van der Waals surface area contributed by atoms with Crippen LogP contribution in [0, 0.1) is 11.3 Å². The number of nitrogens with one attached hydrogen (secondary N) is 1. The molecule has 106 valence electrons. The van der Waals surface area contributed by atoms with Gasteiger partial charge in [0, 0.05) is 13.0 Å². The summed E-state index contributed by atoms with van der Waals surface area (Å²) in [6.45, 7) is 5.93. The molecule has 0 aromatic rings. The monoisotopic (exact) mass is 275 g/mol. The zero-order valence-corrected chi connectivity index (χ0v) is 12.6. The Morgan fingerprint density at radius 1 is 1.33 bits per heavy atom. The van der Waals surface area contributed by atoms with Crippen LogP contribution in [0.2, 0.25) is 0 Å². The highest BCUT2D eigenvalue weighted by atomic mass is 32.2. The predicted octanol–water partition coefficient (Wildman–Crippen LogP) is 2.38. The first kappa shape index (κ1) is 17.3. The Hall–Kier alpha value is -0.710. The average molecular weight is 275 g/mol. The summed E-state index contributed by atoms with van der Waals surface area (Å²) in [5.41, 5.74) is -0.983. The number of hydrogen-bond donors (Lipinski definition) is 2. The molecular weight excluding hydrogens is 250 g/mol. The molecule has 0 rings (SSSR count). The van der Waals surface area contributed by atoms with E-state index < -0.39 is 11.4 Å². The van der Waals surface area contributed by atoms with E-state index in [0.29, 0.717) is 6.54 Å². The molecule has 0 aromatic carbocycles. The minimum absolute atomic E-state index is 0.0442. The molecule has 0 radical (unpaired) electrons. The molecule has 0 bridgehead atoms. The molecule has 0 fully saturated rings. The molecule has 4 nitrogen and oxygen atoms in total. The zero-order chi connectivity index (χ0) is 14.2. The first-order chi connectivity index (χ1) is 8.34. The highest BCUT2D eigenvalue weighted by molar-refractivity contribution is 7.98. The van der Waals surface area contributed by atoms with Gasteiger partial charge in [0.15, 0.2) is 0 Å². The molecule has 0 saturated carbocycles. The zero-order valence-electron chi connectivity index (χ0n) is 11.8. The lowest BCUT2D eigenvalue weighted by atomic mass is 9.76. The number of carbonyl (C=O) groups is 2. The fraction of sp³-hybridized carbons (Fsp3) is 0.846. The Balaban J connectivity index is 4.09. The molecule has 0 aliphatic carbocycles. The molecule has 0 aromatic heterocycles. The number of aliphatic carboxylic acids is 1. The maximum absolute atomic E-state index is 11.7. The third-order valence-electron chi connectivity index (χ3n) is 3.39. The van der Waals surface area contributed by atoms with Crippen molar-refractivity contribution in [1.82, 2.24) is 5.32 Å². The molecule has 1 unspecified atom stereocenters. The summed E-state index contributed by atoms with van der Waals surface area (Å²) in [5.74, 6) is -0.0562. The summed E-state index contributed by atoms with van der Waals surface area (Å²) in [5, 5.41) is 12.0. The number of amides is 1. The summed E-state index contributed by atoms with van der Waals surface area (Å²) in [6.07, 6.45) is 4.11. The van der Waals surface area contributed by atoms with Crippen LogP contribution < -0.4 is 5.32 Å². The molecule has 0 aliphatic rings. The lowest BCUT2D eigenvalue weighted by Crippen LogP contribution is -2.39. The van der Waals surface area contributed by atoms with Gasteiger partial charge in [0.1, 0.15) is 0 Å². The fourth-order valence-electron chi connectivity index (χ4n) is 1.52. The van der Waals surface area contributed by atoms with Crippen molar-refractivity contribution in [2.75, 3.05) is 18.6 Å². The first-order valence-corrected chi connectivity index (χ1v) is 7.73. The van der Waals surface area contributed by atoms with Gasteiger partial charge in [-0.1, -0.05) is 13.8 Å². The number of thioether (sulfide) groups is 1. The third kappa shape index (κ3) is 5.76. The van der Waals surface area contributed by atoms with E-state index in [2.05, 4.69) is 11.6 Å². The van der Waals surface area contributed by atoms with E-state index in [1.165, 1.54) is 0 Å². The van der Waals surface area contributed by atoms with Crippen molar-refractivity contribution in [3.63, 3.8) is 0 Å².